The number of anilines is 1. The molecule has 0 radical (unpaired) electrons. The number of carbonyl (C=O) groups excluding carboxylic acids is 1. The topological polar surface area (TPSA) is 61.5 Å². The van der Waals surface area contributed by atoms with Crippen LogP contribution in [0.2, 0.25) is 0 Å². The molecule has 4 nitrogen and oxygen atoms in total. The van der Waals surface area contributed by atoms with Crippen molar-refractivity contribution in [1.29, 1.82) is 0 Å². The van der Waals surface area contributed by atoms with Crippen LogP contribution in [-0.2, 0) is 4.74 Å². The van der Waals surface area contributed by atoms with Gasteiger partial charge in [0.05, 0.1) is 6.61 Å². The van der Waals surface area contributed by atoms with Crippen LogP contribution in [0.5, 0.6) is 5.75 Å². The Morgan fingerprint density at radius 1 is 1.47 bits per heavy atom. The molecular weight excluding hydrogens is 239 g/mol. The van der Waals surface area contributed by atoms with Crippen molar-refractivity contribution in [3.05, 3.63) is 23.5 Å². The second-order valence-corrected chi connectivity index (χ2v) is 2.98. The maximum absolute atomic E-state index is 13.3. The van der Waals surface area contributed by atoms with Crippen molar-refractivity contribution < 1.29 is 27.4 Å². The van der Waals surface area contributed by atoms with Crippen LogP contribution in [-0.4, -0.2) is 19.2 Å². The minimum Gasteiger partial charge on any atom is -0.462 e. The number of rotatable bonds is 4. The molecule has 1 aromatic rings. The number of hydrogen-bond donors (Lipinski definition) is 1. The fraction of sp³-hybridized carbons (Fsp3) is 0.300. The zero-order valence-corrected chi connectivity index (χ0v) is 8.88. The Bertz CT molecular complexity index is 424. The van der Waals surface area contributed by atoms with Gasteiger partial charge in [0.25, 0.3) is 0 Å². The lowest BCUT2D eigenvalue weighted by atomic mass is 10.1. The highest BCUT2D eigenvalue weighted by Gasteiger charge is 2.21. The minimum absolute atomic E-state index is 0.0172. The van der Waals surface area contributed by atoms with Crippen LogP contribution in [0.15, 0.2) is 12.1 Å². The van der Waals surface area contributed by atoms with Crippen LogP contribution in [0.3, 0.4) is 0 Å². The molecule has 7 heteroatoms. The SMILES string of the molecule is CCOC(=O)c1cc(N)cc(F)c1OC(F)F. The molecule has 0 spiro atoms. The summed E-state index contributed by atoms with van der Waals surface area (Å²) in [5, 5.41) is 0. The van der Waals surface area contributed by atoms with Gasteiger partial charge in [-0.25, -0.2) is 9.18 Å². The van der Waals surface area contributed by atoms with Crippen LogP contribution in [0.25, 0.3) is 0 Å². The molecule has 0 aliphatic carbocycles. The van der Waals surface area contributed by atoms with Gasteiger partial charge in [0, 0.05) is 11.8 Å². The molecule has 0 fully saturated rings. The molecule has 0 aliphatic heterocycles. The molecule has 0 amide bonds. The summed E-state index contributed by atoms with van der Waals surface area (Å²) in [5.74, 6) is -2.99. The van der Waals surface area contributed by atoms with Gasteiger partial charge in [0.15, 0.2) is 11.6 Å². The summed E-state index contributed by atoms with van der Waals surface area (Å²) < 4.78 is 45.9. The van der Waals surface area contributed by atoms with E-state index in [2.05, 4.69) is 9.47 Å². The monoisotopic (exact) mass is 249 g/mol. The van der Waals surface area contributed by atoms with E-state index in [1.807, 2.05) is 0 Å². The van der Waals surface area contributed by atoms with Crippen molar-refractivity contribution >= 4 is 11.7 Å². The van der Waals surface area contributed by atoms with Crippen LogP contribution in [0.1, 0.15) is 17.3 Å². The fourth-order valence-corrected chi connectivity index (χ4v) is 1.18. The summed E-state index contributed by atoms with van der Waals surface area (Å²) in [6.07, 6.45) is 0. The average molecular weight is 249 g/mol. The number of nitrogen functional groups attached to an aromatic ring is 1. The van der Waals surface area contributed by atoms with Gasteiger partial charge in [-0.15, -0.1) is 0 Å². The third-order valence-electron chi connectivity index (χ3n) is 1.77. The van der Waals surface area contributed by atoms with Crippen molar-refractivity contribution in [2.75, 3.05) is 12.3 Å². The lowest BCUT2D eigenvalue weighted by molar-refractivity contribution is -0.0528. The van der Waals surface area contributed by atoms with Crippen molar-refractivity contribution in [3.8, 4) is 5.75 Å². The van der Waals surface area contributed by atoms with E-state index in [1.165, 1.54) is 6.92 Å². The normalized spacial score (nSPS) is 10.4. The van der Waals surface area contributed by atoms with Gasteiger partial charge in [-0.3, -0.25) is 0 Å². The fourth-order valence-electron chi connectivity index (χ4n) is 1.18. The van der Waals surface area contributed by atoms with E-state index in [0.717, 1.165) is 12.1 Å². The Balaban J connectivity index is 3.19. The minimum atomic E-state index is -3.25. The molecule has 0 heterocycles. The summed E-state index contributed by atoms with van der Waals surface area (Å²) in [6.45, 7) is -1.71. The van der Waals surface area contributed by atoms with E-state index in [-0.39, 0.29) is 12.3 Å². The standard InChI is InChI=1S/C10H10F3NO3/c1-2-16-9(15)6-3-5(14)4-7(11)8(6)17-10(12)13/h3-4,10H,2,14H2,1H3. The predicted octanol–water partition coefficient (Wildman–Crippen LogP) is 2.19. The second kappa shape index (κ2) is 5.42. The molecule has 17 heavy (non-hydrogen) atoms. The number of alkyl halides is 2. The zero-order chi connectivity index (χ0) is 13.0. The summed E-state index contributed by atoms with van der Waals surface area (Å²) in [5.41, 5.74) is 4.74. The maximum Gasteiger partial charge on any atom is 0.387 e. The largest absolute Gasteiger partial charge is 0.462 e. The first-order chi connectivity index (χ1) is 7.95. The first kappa shape index (κ1) is 13.1. The number of ether oxygens (including phenoxy) is 2. The van der Waals surface area contributed by atoms with Crippen molar-refractivity contribution in [3.63, 3.8) is 0 Å². The van der Waals surface area contributed by atoms with Crippen LogP contribution >= 0.6 is 0 Å². The second-order valence-electron chi connectivity index (χ2n) is 2.98. The Hall–Kier alpha value is -1.92. The molecule has 0 aliphatic rings. The van der Waals surface area contributed by atoms with Gasteiger partial charge in [-0.05, 0) is 13.0 Å². The highest BCUT2D eigenvalue weighted by Crippen LogP contribution is 2.28. The zero-order valence-electron chi connectivity index (χ0n) is 8.88. The molecule has 0 saturated heterocycles. The third-order valence-corrected chi connectivity index (χ3v) is 1.77. The number of esters is 1. The molecule has 0 saturated carbocycles. The number of carbonyl (C=O) groups is 1. The van der Waals surface area contributed by atoms with Gasteiger partial charge >= 0.3 is 12.6 Å². The Labute approximate surface area is 95.1 Å². The van der Waals surface area contributed by atoms with Crippen molar-refractivity contribution in [2.45, 2.75) is 13.5 Å². The van der Waals surface area contributed by atoms with Crippen LogP contribution in [0, 0.1) is 5.82 Å². The van der Waals surface area contributed by atoms with E-state index in [1.54, 1.807) is 0 Å². The lowest BCUT2D eigenvalue weighted by Gasteiger charge is -2.11. The van der Waals surface area contributed by atoms with E-state index in [4.69, 9.17) is 5.73 Å². The Kier molecular flexibility index (Phi) is 4.19. The van der Waals surface area contributed by atoms with E-state index >= 15 is 0 Å². The number of nitrogens with two attached hydrogens (primary N) is 1. The van der Waals surface area contributed by atoms with Crippen LogP contribution < -0.4 is 10.5 Å². The first-order valence-corrected chi connectivity index (χ1v) is 4.66. The number of hydrogen-bond acceptors (Lipinski definition) is 4. The molecule has 0 bridgehead atoms. The lowest BCUT2D eigenvalue weighted by Crippen LogP contribution is -2.12. The average Bonchev–Trinajstić information content (AvgIpc) is 2.21. The van der Waals surface area contributed by atoms with Gasteiger partial charge in [-0.1, -0.05) is 0 Å². The molecule has 1 rings (SSSR count). The molecule has 94 valence electrons. The smallest absolute Gasteiger partial charge is 0.387 e. The molecule has 1 aromatic carbocycles. The van der Waals surface area contributed by atoms with Gasteiger partial charge in [-0.2, -0.15) is 8.78 Å². The highest BCUT2D eigenvalue weighted by atomic mass is 19.3. The first-order valence-electron chi connectivity index (χ1n) is 4.66. The van der Waals surface area contributed by atoms with Gasteiger partial charge in [0.2, 0.25) is 0 Å². The third kappa shape index (κ3) is 3.27. The predicted molar refractivity (Wildman–Crippen MR) is 53.4 cm³/mol. The van der Waals surface area contributed by atoms with E-state index < -0.39 is 29.7 Å². The Morgan fingerprint density at radius 3 is 2.65 bits per heavy atom. The number of halogens is 3. The van der Waals surface area contributed by atoms with E-state index in [0.29, 0.717) is 0 Å². The quantitative estimate of drug-likeness (QED) is 0.656. The molecule has 0 aromatic heterocycles. The summed E-state index contributed by atoms with van der Waals surface area (Å²) >= 11 is 0. The number of benzene rings is 1. The maximum atomic E-state index is 13.3. The Morgan fingerprint density at radius 2 is 2.12 bits per heavy atom. The summed E-state index contributed by atoms with van der Waals surface area (Å²) in [7, 11) is 0. The van der Waals surface area contributed by atoms with Gasteiger partial charge in [0.1, 0.15) is 5.56 Å². The van der Waals surface area contributed by atoms with Crippen molar-refractivity contribution in [2.24, 2.45) is 0 Å². The van der Waals surface area contributed by atoms with Crippen molar-refractivity contribution in [1.82, 2.24) is 0 Å². The van der Waals surface area contributed by atoms with E-state index in [9.17, 15) is 18.0 Å². The highest BCUT2D eigenvalue weighted by molar-refractivity contribution is 5.93. The summed E-state index contributed by atoms with van der Waals surface area (Å²) in [6, 6.07) is 1.79. The molecule has 0 atom stereocenters. The van der Waals surface area contributed by atoms with Gasteiger partial charge < -0.3 is 15.2 Å². The summed E-state index contributed by atoms with van der Waals surface area (Å²) in [4.78, 5) is 11.4. The molecular formula is C10H10F3NO3. The molecule has 0 unspecified atom stereocenters. The van der Waals surface area contributed by atoms with Crippen LogP contribution in [0.4, 0.5) is 18.9 Å². The molecule has 2 N–H and O–H groups in total.